The van der Waals surface area contributed by atoms with Gasteiger partial charge in [0.15, 0.2) is 0 Å². The molecule has 16 heavy (non-hydrogen) atoms. The Bertz CT molecular complexity index is 443. The van der Waals surface area contributed by atoms with Gasteiger partial charge in [0.2, 0.25) is 0 Å². The Hall–Kier alpha value is 0.0500. The Kier molecular flexibility index (Phi) is 4.93. The Labute approximate surface area is 108 Å². The summed E-state index contributed by atoms with van der Waals surface area (Å²) in [5, 5.41) is 10.7. The third-order valence-electron chi connectivity index (χ3n) is 2.31. The first-order valence-corrected chi connectivity index (χ1v) is 7.90. The molecule has 0 amide bonds. The molecule has 0 saturated carbocycles. The van der Waals surface area contributed by atoms with Crippen molar-refractivity contribution in [2.24, 2.45) is 5.92 Å². The maximum absolute atomic E-state index is 11.9. The summed E-state index contributed by atoms with van der Waals surface area (Å²) in [5.41, 5.74) is 0. The van der Waals surface area contributed by atoms with Crippen molar-refractivity contribution in [3.63, 3.8) is 0 Å². The lowest BCUT2D eigenvalue weighted by atomic mass is 10.1. The van der Waals surface area contributed by atoms with E-state index < -0.39 is 10.0 Å². The number of halogens is 1. The maximum Gasteiger partial charge on any atom is 0.251 e. The molecule has 4 nitrogen and oxygen atoms in total. The normalized spacial score (nSPS) is 16.0. The molecular weight excluding hydrogens is 314 g/mol. The molecule has 0 aromatic carbocycles. The molecule has 1 aromatic heterocycles. The Balaban J connectivity index is 2.85. The zero-order valence-corrected chi connectivity index (χ0v) is 12.2. The summed E-state index contributed by atoms with van der Waals surface area (Å²) in [4.78, 5) is 0. The van der Waals surface area contributed by atoms with E-state index in [9.17, 15) is 8.42 Å². The smallest absolute Gasteiger partial charge is 0.251 e. The summed E-state index contributed by atoms with van der Waals surface area (Å²) in [6.45, 7) is 3.48. The van der Waals surface area contributed by atoms with Crippen LogP contribution in [0.15, 0.2) is 20.1 Å². The number of aliphatic hydroxyl groups is 1. The fraction of sp³-hybridized carbons (Fsp3) is 0.556. The van der Waals surface area contributed by atoms with Gasteiger partial charge in [-0.05, 0) is 40.2 Å². The number of hydrogen-bond donors (Lipinski definition) is 2. The summed E-state index contributed by atoms with van der Waals surface area (Å²) in [6.07, 6.45) is 0. The number of rotatable bonds is 5. The second-order valence-electron chi connectivity index (χ2n) is 3.63. The van der Waals surface area contributed by atoms with E-state index in [0.717, 1.165) is 11.3 Å². The van der Waals surface area contributed by atoms with Crippen LogP contribution in [-0.2, 0) is 10.0 Å². The van der Waals surface area contributed by atoms with Crippen LogP contribution in [0, 0.1) is 5.92 Å². The largest absolute Gasteiger partial charge is 0.396 e. The highest BCUT2D eigenvalue weighted by atomic mass is 79.9. The topological polar surface area (TPSA) is 66.4 Å². The molecular formula is C9H14BrNO3S2. The predicted octanol–water partition coefficient (Wildman–Crippen LogP) is 1.81. The first-order valence-electron chi connectivity index (χ1n) is 4.74. The van der Waals surface area contributed by atoms with Crippen LogP contribution in [0.1, 0.15) is 13.8 Å². The van der Waals surface area contributed by atoms with Crippen LogP contribution in [0.25, 0.3) is 0 Å². The van der Waals surface area contributed by atoms with E-state index in [4.69, 9.17) is 5.11 Å². The van der Waals surface area contributed by atoms with Gasteiger partial charge in [-0.15, -0.1) is 11.3 Å². The molecule has 1 aromatic rings. The van der Waals surface area contributed by atoms with Gasteiger partial charge in [0.25, 0.3) is 10.0 Å². The van der Waals surface area contributed by atoms with Crippen molar-refractivity contribution in [3.05, 3.63) is 15.9 Å². The lowest BCUT2D eigenvalue weighted by Crippen LogP contribution is -2.38. The third-order valence-corrected chi connectivity index (χ3v) is 6.54. The number of thiophene rings is 1. The van der Waals surface area contributed by atoms with Crippen molar-refractivity contribution in [2.45, 2.75) is 24.1 Å². The van der Waals surface area contributed by atoms with Gasteiger partial charge in [-0.25, -0.2) is 13.1 Å². The summed E-state index contributed by atoms with van der Waals surface area (Å²) in [6, 6.07) is 1.39. The van der Waals surface area contributed by atoms with Crippen molar-refractivity contribution < 1.29 is 13.5 Å². The number of sulfonamides is 1. The molecule has 0 saturated heterocycles. The minimum atomic E-state index is -3.49. The van der Waals surface area contributed by atoms with E-state index in [1.165, 1.54) is 0 Å². The van der Waals surface area contributed by atoms with Crippen LogP contribution >= 0.6 is 27.3 Å². The fourth-order valence-corrected chi connectivity index (χ4v) is 4.75. The maximum atomic E-state index is 11.9. The van der Waals surface area contributed by atoms with Gasteiger partial charge in [-0.2, -0.15) is 0 Å². The van der Waals surface area contributed by atoms with Crippen LogP contribution < -0.4 is 4.72 Å². The average molecular weight is 328 g/mol. The summed E-state index contributed by atoms with van der Waals surface area (Å²) < 4.78 is 27.2. The molecule has 2 unspecified atom stereocenters. The zero-order valence-electron chi connectivity index (χ0n) is 8.97. The quantitative estimate of drug-likeness (QED) is 0.866. The molecule has 0 fully saturated rings. The van der Waals surface area contributed by atoms with Crippen LogP contribution in [0.3, 0.4) is 0 Å². The Morgan fingerprint density at radius 3 is 2.62 bits per heavy atom. The molecule has 1 heterocycles. The van der Waals surface area contributed by atoms with Crippen molar-refractivity contribution in [1.29, 1.82) is 0 Å². The van der Waals surface area contributed by atoms with Gasteiger partial charge in [0.1, 0.15) is 4.21 Å². The molecule has 0 radical (unpaired) electrons. The molecule has 1 rings (SSSR count). The first-order chi connectivity index (χ1) is 7.38. The van der Waals surface area contributed by atoms with Crippen molar-refractivity contribution >= 4 is 37.3 Å². The highest BCUT2D eigenvalue weighted by molar-refractivity contribution is 9.10. The molecule has 0 bridgehead atoms. The first kappa shape index (κ1) is 14.1. The third kappa shape index (κ3) is 3.27. The van der Waals surface area contributed by atoms with Crippen LogP contribution in [0.5, 0.6) is 0 Å². The second kappa shape index (κ2) is 5.59. The zero-order chi connectivity index (χ0) is 12.3. The molecule has 0 aliphatic heterocycles. The minimum Gasteiger partial charge on any atom is -0.396 e. The predicted molar refractivity (Wildman–Crippen MR) is 68.1 cm³/mol. The van der Waals surface area contributed by atoms with Gasteiger partial charge < -0.3 is 5.11 Å². The van der Waals surface area contributed by atoms with Gasteiger partial charge in [-0.1, -0.05) is 6.92 Å². The van der Waals surface area contributed by atoms with Gasteiger partial charge >= 0.3 is 0 Å². The summed E-state index contributed by atoms with van der Waals surface area (Å²) in [5.74, 6) is -0.117. The number of aliphatic hydroxyl groups excluding tert-OH is 1. The summed E-state index contributed by atoms with van der Waals surface area (Å²) >= 11 is 4.35. The monoisotopic (exact) mass is 327 g/mol. The molecule has 2 N–H and O–H groups in total. The lowest BCUT2D eigenvalue weighted by molar-refractivity contribution is 0.216. The fourth-order valence-electron chi connectivity index (χ4n) is 1.04. The van der Waals surface area contributed by atoms with Crippen LogP contribution in [-0.4, -0.2) is 26.2 Å². The van der Waals surface area contributed by atoms with E-state index in [2.05, 4.69) is 20.7 Å². The van der Waals surface area contributed by atoms with E-state index in [-0.39, 0.29) is 22.8 Å². The molecule has 92 valence electrons. The van der Waals surface area contributed by atoms with E-state index in [0.29, 0.717) is 4.47 Å². The van der Waals surface area contributed by atoms with Crippen molar-refractivity contribution in [3.8, 4) is 0 Å². The molecule has 0 aliphatic rings. The second-order valence-corrected chi connectivity index (χ2v) is 7.31. The van der Waals surface area contributed by atoms with Gasteiger partial charge in [0, 0.05) is 17.1 Å². The standard InChI is InChI=1S/C9H14BrNO3S2/c1-6(5-12)7(2)11-16(13,14)9-8(10)3-4-15-9/h3-4,6-7,11-12H,5H2,1-2H3. The van der Waals surface area contributed by atoms with E-state index >= 15 is 0 Å². The SMILES string of the molecule is CC(CO)C(C)NS(=O)(=O)c1sccc1Br. The lowest BCUT2D eigenvalue weighted by Gasteiger charge is -2.18. The highest BCUT2D eigenvalue weighted by Gasteiger charge is 2.23. The van der Waals surface area contributed by atoms with E-state index in [1.54, 1.807) is 25.3 Å². The number of hydrogen-bond acceptors (Lipinski definition) is 4. The van der Waals surface area contributed by atoms with E-state index in [1.807, 2.05) is 0 Å². The summed E-state index contributed by atoms with van der Waals surface area (Å²) in [7, 11) is -3.49. The average Bonchev–Trinajstić information content (AvgIpc) is 2.63. The molecule has 0 spiro atoms. The van der Waals surface area contributed by atoms with Gasteiger partial charge in [0.05, 0.1) is 0 Å². The molecule has 0 aliphatic carbocycles. The minimum absolute atomic E-state index is 0.0463. The number of nitrogens with one attached hydrogen (secondary N) is 1. The van der Waals surface area contributed by atoms with Crippen LogP contribution in [0.2, 0.25) is 0 Å². The Morgan fingerprint density at radius 1 is 1.56 bits per heavy atom. The van der Waals surface area contributed by atoms with Crippen molar-refractivity contribution in [1.82, 2.24) is 4.72 Å². The van der Waals surface area contributed by atoms with Crippen LogP contribution in [0.4, 0.5) is 0 Å². The molecule has 7 heteroatoms. The molecule has 2 atom stereocenters. The Morgan fingerprint density at radius 2 is 2.19 bits per heavy atom. The highest BCUT2D eigenvalue weighted by Crippen LogP contribution is 2.27. The van der Waals surface area contributed by atoms with Gasteiger partial charge in [-0.3, -0.25) is 0 Å². The van der Waals surface area contributed by atoms with Crippen molar-refractivity contribution in [2.75, 3.05) is 6.61 Å².